The van der Waals surface area contributed by atoms with Crippen LogP contribution in [0.5, 0.6) is 0 Å². The molecule has 0 aromatic rings. The van der Waals surface area contributed by atoms with Crippen LogP contribution in [0.1, 0.15) is 0 Å². The van der Waals surface area contributed by atoms with Crippen LogP contribution in [-0.2, 0) is 0 Å². The number of quaternary nitrogens is 1. The van der Waals surface area contributed by atoms with E-state index < -0.39 is 5.92 Å². The third-order valence-electron chi connectivity index (χ3n) is 3.06. The predicted octanol–water partition coefficient (Wildman–Crippen LogP) is -4.01. The van der Waals surface area contributed by atoms with Crippen molar-refractivity contribution in [1.29, 1.82) is 0 Å². The Kier molecular flexibility index (Phi) is 3.51. The third-order valence-corrected chi connectivity index (χ3v) is 3.06. The molecule has 2 aliphatic rings. The van der Waals surface area contributed by atoms with E-state index in [0.29, 0.717) is 6.54 Å². The van der Waals surface area contributed by atoms with Gasteiger partial charge in [0.25, 0.3) is 5.92 Å². The maximum Gasteiger partial charge on any atom is 0.268 e. The van der Waals surface area contributed by atoms with Gasteiger partial charge in [-0.05, 0) is 0 Å². The van der Waals surface area contributed by atoms with Gasteiger partial charge in [0, 0.05) is 12.5 Å². The molecule has 5 heteroatoms. The zero-order valence-corrected chi connectivity index (χ0v) is 9.77. The second-order valence-corrected chi connectivity index (χ2v) is 4.12. The van der Waals surface area contributed by atoms with E-state index in [1.807, 2.05) is 7.05 Å². The van der Waals surface area contributed by atoms with Crippen molar-refractivity contribution in [3.05, 3.63) is 0 Å². The maximum atomic E-state index is 13.3. The summed E-state index contributed by atoms with van der Waals surface area (Å²) in [5.41, 5.74) is 0. The van der Waals surface area contributed by atoms with E-state index in [0.717, 1.165) is 13.1 Å². The third kappa shape index (κ3) is 2.12. The lowest BCUT2D eigenvalue weighted by atomic mass is 9.87. The van der Waals surface area contributed by atoms with E-state index >= 15 is 0 Å². The van der Waals surface area contributed by atoms with E-state index in [4.69, 9.17) is 0 Å². The molecule has 2 rings (SSSR count). The van der Waals surface area contributed by atoms with Gasteiger partial charge in [-0.2, -0.15) is 0 Å². The number of hydrogen-bond donors (Lipinski definition) is 2. The highest BCUT2D eigenvalue weighted by atomic mass is 127. The highest BCUT2D eigenvalue weighted by Gasteiger charge is 2.52. The van der Waals surface area contributed by atoms with Crippen molar-refractivity contribution in [2.24, 2.45) is 11.8 Å². The first-order valence-corrected chi connectivity index (χ1v) is 4.49. The number of hydrogen-bond acceptors (Lipinski definition) is 1. The smallest absolute Gasteiger partial charge is 0.268 e. The van der Waals surface area contributed by atoms with Gasteiger partial charge in [0.15, 0.2) is 0 Å². The first-order chi connectivity index (χ1) is 5.59. The summed E-state index contributed by atoms with van der Waals surface area (Å²) in [6, 6.07) is 0. The second kappa shape index (κ2) is 3.94. The van der Waals surface area contributed by atoms with Crippen LogP contribution in [-0.4, -0.2) is 39.1 Å². The second-order valence-electron chi connectivity index (χ2n) is 4.12. The molecule has 0 bridgehead atoms. The van der Waals surface area contributed by atoms with Crippen molar-refractivity contribution < 1.29 is 37.7 Å². The van der Waals surface area contributed by atoms with Crippen LogP contribution in [0.15, 0.2) is 0 Å². The Morgan fingerprint density at radius 1 is 1.38 bits per heavy atom. The fourth-order valence-electron chi connectivity index (χ4n) is 2.48. The molecular formula is C8H15F2IN2. The van der Waals surface area contributed by atoms with Gasteiger partial charge in [-0.3, -0.25) is 0 Å². The van der Waals surface area contributed by atoms with Crippen molar-refractivity contribution in [3.8, 4) is 0 Å². The van der Waals surface area contributed by atoms with Gasteiger partial charge >= 0.3 is 0 Å². The molecule has 0 aliphatic carbocycles. The number of rotatable bonds is 0. The van der Waals surface area contributed by atoms with Crippen LogP contribution in [0.2, 0.25) is 0 Å². The Bertz CT molecular complexity index is 189. The topological polar surface area (TPSA) is 16.5 Å². The number of likely N-dealkylation sites (tertiary alicyclic amines) is 1. The highest BCUT2D eigenvalue weighted by molar-refractivity contribution is 4.91. The molecule has 0 spiro atoms. The van der Waals surface area contributed by atoms with E-state index in [1.54, 1.807) is 0 Å². The molecule has 3 atom stereocenters. The molecule has 13 heavy (non-hydrogen) atoms. The number of halogens is 3. The van der Waals surface area contributed by atoms with Gasteiger partial charge in [0.1, 0.15) is 0 Å². The summed E-state index contributed by atoms with van der Waals surface area (Å²) < 4.78 is 26.5. The van der Waals surface area contributed by atoms with Crippen molar-refractivity contribution in [2.45, 2.75) is 5.92 Å². The maximum absolute atomic E-state index is 13.3. The molecule has 0 saturated carbocycles. The molecule has 0 amide bonds. The van der Waals surface area contributed by atoms with Crippen LogP contribution < -0.4 is 34.2 Å². The average Bonchev–Trinajstić information content (AvgIpc) is 2.30. The Labute approximate surface area is 94.1 Å². The standard InChI is InChI=1S/C8H14F2N2.HI/c1-12-3-6-2-11-5-8(9,10)7(6)4-12;/h6-7,11H,2-5H2,1H3;1H. The molecule has 2 saturated heterocycles. The Morgan fingerprint density at radius 2 is 2.08 bits per heavy atom. The fraction of sp³-hybridized carbons (Fsp3) is 1.00. The van der Waals surface area contributed by atoms with Crippen LogP contribution in [0.3, 0.4) is 0 Å². The summed E-state index contributed by atoms with van der Waals surface area (Å²) in [4.78, 5) is 1.24. The highest BCUT2D eigenvalue weighted by Crippen LogP contribution is 2.33. The van der Waals surface area contributed by atoms with Crippen molar-refractivity contribution in [3.63, 3.8) is 0 Å². The minimum absolute atomic E-state index is 0. The van der Waals surface area contributed by atoms with Gasteiger partial charge in [-0.1, -0.05) is 0 Å². The lowest BCUT2D eigenvalue weighted by molar-refractivity contribution is -0.869. The van der Waals surface area contributed by atoms with E-state index in [1.165, 1.54) is 4.90 Å². The Balaban J connectivity index is 0.000000845. The van der Waals surface area contributed by atoms with E-state index in [9.17, 15) is 8.78 Å². The first kappa shape index (κ1) is 11.6. The van der Waals surface area contributed by atoms with Crippen LogP contribution in [0, 0.1) is 11.8 Å². The summed E-state index contributed by atoms with van der Waals surface area (Å²) in [6.45, 7) is 2.19. The SMILES string of the molecule is C[NH+]1CC2CNCC(F)(F)C2C1.[I-]. The number of fused-ring (bicyclic) bond motifs is 1. The number of piperidine rings is 1. The van der Waals surface area contributed by atoms with Gasteiger partial charge in [0.2, 0.25) is 0 Å². The van der Waals surface area contributed by atoms with Gasteiger partial charge in [-0.25, -0.2) is 8.78 Å². The monoisotopic (exact) mass is 304 g/mol. The van der Waals surface area contributed by atoms with Gasteiger partial charge in [-0.15, -0.1) is 0 Å². The zero-order valence-electron chi connectivity index (χ0n) is 7.62. The molecule has 2 aliphatic heterocycles. The predicted molar refractivity (Wildman–Crippen MR) is 41.4 cm³/mol. The zero-order chi connectivity index (χ0) is 8.77. The van der Waals surface area contributed by atoms with E-state index in [-0.39, 0.29) is 42.4 Å². The Hall–Kier alpha value is 0.510. The lowest BCUT2D eigenvalue weighted by Gasteiger charge is -2.31. The minimum Gasteiger partial charge on any atom is -1.00 e. The molecule has 2 heterocycles. The van der Waals surface area contributed by atoms with Crippen LogP contribution in [0.25, 0.3) is 0 Å². The molecular weight excluding hydrogens is 289 g/mol. The van der Waals surface area contributed by atoms with Crippen LogP contribution in [0.4, 0.5) is 8.78 Å². The minimum atomic E-state index is -2.47. The van der Waals surface area contributed by atoms with E-state index in [2.05, 4.69) is 5.32 Å². The quantitative estimate of drug-likeness (QED) is 0.436. The van der Waals surface area contributed by atoms with Crippen molar-refractivity contribution >= 4 is 0 Å². The van der Waals surface area contributed by atoms with Gasteiger partial charge in [0.05, 0.1) is 32.6 Å². The van der Waals surface area contributed by atoms with Crippen molar-refractivity contribution in [2.75, 3.05) is 33.2 Å². The fourth-order valence-corrected chi connectivity index (χ4v) is 2.48. The molecule has 2 fully saturated rings. The van der Waals surface area contributed by atoms with Gasteiger partial charge < -0.3 is 34.2 Å². The normalized spacial score (nSPS) is 42.2. The molecule has 2 nitrogen and oxygen atoms in total. The summed E-state index contributed by atoms with van der Waals surface area (Å²) in [6.07, 6.45) is 0. The number of nitrogens with one attached hydrogen (secondary N) is 2. The molecule has 0 aromatic heterocycles. The average molecular weight is 304 g/mol. The lowest BCUT2D eigenvalue weighted by Crippen LogP contribution is -3.07. The summed E-state index contributed by atoms with van der Waals surface area (Å²) >= 11 is 0. The molecule has 2 N–H and O–H groups in total. The Morgan fingerprint density at radius 3 is 2.69 bits per heavy atom. The summed E-state index contributed by atoms with van der Waals surface area (Å²) in [5.74, 6) is -2.66. The molecule has 0 radical (unpaired) electrons. The van der Waals surface area contributed by atoms with Crippen molar-refractivity contribution in [1.82, 2.24) is 5.32 Å². The largest absolute Gasteiger partial charge is 1.00 e. The molecule has 3 unspecified atom stereocenters. The molecule has 0 aromatic carbocycles. The van der Waals surface area contributed by atoms with Crippen LogP contribution >= 0.6 is 0 Å². The summed E-state index contributed by atoms with van der Waals surface area (Å²) in [7, 11) is 1.99. The summed E-state index contributed by atoms with van der Waals surface area (Å²) in [5, 5.41) is 2.80. The first-order valence-electron chi connectivity index (χ1n) is 4.49. The number of alkyl halides is 2. The molecule has 78 valence electrons.